The lowest BCUT2D eigenvalue weighted by Gasteiger charge is -2.34. The molecule has 1 aliphatic heterocycles. The van der Waals surface area contributed by atoms with E-state index in [0.717, 1.165) is 56.3 Å². The molecular weight excluding hydrogens is 500 g/mol. The Morgan fingerprint density at radius 1 is 0.821 bits per heavy atom. The molecule has 9 nitrogen and oxygen atoms in total. The summed E-state index contributed by atoms with van der Waals surface area (Å²) in [5, 5.41) is 12.1. The van der Waals surface area contributed by atoms with Crippen molar-refractivity contribution < 1.29 is 33.7 Å². The maximum atomic E-state index is 12.2. The van der Waals surface area contributed by atoms with Gasteiger partial charge in [0, 0.05) is 11.1 Å². The number of nitrogens with zero attached hydrogens (tertiary/aromatic N) is 1. The number of cyclic esters (lactones) is 1. The van der Waals surface area contributed by atoms with Crippen molar-refractivity contribution in [3.63, 3.8) is 0 Å². The van der Waals surface area contributed by atoms with Gasteiger partial charge in [0.05, 0.1) is 14.2 Å². The first-order valence-corrected chi connectivity index (χ1v) is 13.5. The lowest BCUT2D eigenvalue weighted by molar-refractivity contribution is -0.146. The lowest BCUT2D eigenvalue weighted by atomic mass is 9.81. The van der Waals surface area contributed by atoms with Gasteiger partial charge < -0.3 is 24.6 Å². The van der Waals surface area contributed by atoms with Gasteiger partial charge in [0.1, 0.15) is 17.0 Å². The van der Waals surface area contributed by atoms with Crippen LogP contribution in [-0.4, -0.2) is 54.1 Å². The molecule has 2 N–H and O–H groups in total. The van der Waals surface area contributed by atoms with Crippen molar-refractivity contribution in [1.29, 1.82) is 0 Å². The Morgan fingerprint density at radius 2 is 1.33 bits per heavy atom. The summed E-state index contributed by atoms with van der Waals surface area (Å²) in [6, 6.07) is 14.1. The van der Waals surface area contributed by atoms with Crippen molar-refractivity contribution in [2.75, 3.05) is 14.2 Å². The molecule has 0 unspecified atom stereocenters. The zero-order valence-electron chi connectivity index (χ0n) is 22.5. The van der Waals surface area contributed by atoms with Crippen LogP contribution in [0.15, 0.2) is 53.5 Å². The zero-order valence-corrected chi connectivity index (χ0v) is 22.5. The molecule has 5 rings (SSSR count). The first-order valence-electron chi connectivity index (χ1n) is 13.5. The molecule has 2 aromatic rings. The molecule has 2 aliphatic carbocycles. The Bertz CT molecular complexity index is 1190. The van der Waals surface area contributed by atoms with Crippen LogP contribution in [0.1, 0.15) is 80.1 Å². The Morgan fingerprint density at radius 3 is 1.85 bits per heavy atom. The van der Waals surface area contributed by atoms with Crippen LogP contribution in [0.3, 0.4) is 0 Å². The smallest absolute Gasteiger partial charge is 0.340 e. The van der Waals surface area contributed by atoms with Gasteiger partial charge in [-0.15, -0.1) is 0 Å². The van der Waals surface area contributed by atoms with E-state index in [1.807, 2.05) is 24.3 Å². The number of carbonyl (C=O) groups is 3. The minimum atomic E-state index is -1.12. The number of amides is 1. The summed E-state index contributed by atoms with van der Waals surface area (Å²) < 4.78 is 15.5. The molecule has 3 aliphatic rings. The van der Waals surface area contributed by atoms with Crippen LogP contribution in [-0.2, 0) is 14.3 Å². The highest BCUT2D eigenvalue weighted by Crippen LogP contribution is 2.37. The third-order valence-electron chi connectivity index (χ3n) is 7.72. The van der Waals surface area contributed by atoms with E-state index < -0.39 is 17.0 Å². The summed E-state index contributed by atoms with van der Waals surface area (Å²) in [6.45, 7) is 0. The molecule has 0 bridgehead atoms. The molecule has 2 aromatic carbocycles. The molecule has 0 aromatic heterocycles. The first-order chi connectivity index (χ1) is 18.8. The molecule has 1 heterocycles. The van der Waals surface area contributed by atoms with E-state index >= 15 is 0 Å². The lowest BCUT2D eigenvalue weighted by Crippen LogP contribution is -2.55. The fourth-order valence-corrected chi connectivity index (χ4v) is 5.33. The Hall–Kier alpha value is -3.88. The maximum absolute atomic E-state index is 12.2. The molecule has 39 heavy (non-hydrogen) atoms. The van der Waals surface area contributed by atoms with E-state index in [4.69, 9.17) is 14.2 Å². The van der Waals surface area contributed by atoms with E-state index in [-0.39, 0.29) is 11.9 Å². The van der Waals surface area contributed by atoms with Crippen molar-refractivity contribution in [3.8, 4) is 11.5 Å². The molecule has 1 spiro atoms. The van der Waals surface area contributed by atoms with Crippen molar-refractivity contribution in [3.05, 3.63) is 59.7 Å². The highest BCUT2D eigenvalue weighted by Gasteiger charge is 2.46. The second kappa shape index (κ2) is 12.3. The minimum absolute atomic E-state index is 0.182. The van der Waals surface area contributed by atoms with Crippen molar-refractivity contribution in [2.24, 2.45) is 4.99 Å². The maximum Gasteiger partial charge on any atom is 0.340 e. The van der Waals surface area contributed by atoms with Gasteiger partial charge in [-0.05, 0) is 74.2 Å². The number of esters is 1. The largest absolute Gasteiger partial charge is 0.497 e. The summed E-state index contributed by atoms with van der Waals surface area (Å²) in [6.07, 6.45) is 8.56. The molecule has 0 radical (unpaired) electrons. The highest BCUT2D eigenvalue weighted by atomic mass is 16.6. The molecule has 2 fully saturated rings. The van der Waals surface area contributed by atoms with Crippen LogP contribution >= 0.6 is 0 Å². The van der Waals surface area contributed by atoms with Crippen LogP contribution < -0.4 is 14.8 Å². The average molecular weight is 537 g/mol. The topological polar surface area (TPSA) is 124 Å². The van der Waals surface area contributed by atoms with Crippen molar-refractivity contribution in [1.82, 2.24) is 5.32 Å². The molecule has 2 saturated carbocycles. The van der Waals surface area contributed by atoms with Crippen LogP contribution in [0.4, 0.5) is 0 Å². The van der Waals surface area contributed by atoms with Crippen LogP contribution in [0.2, 0.25) is 0 Å². The molecular formula is C30H36N2O7. The second-order valence-electron chi connectivity index (χ2n) is 10.3. The van der Waals surface area contributed by atoms with Gasteiger partial charge in [0.15, 0.2) is 5.54 Å². The van der Waals surface area contributed by atoms with E-state index in [1.54, 1.807) is 38.5 Å². The van der Waals surface area contributed by atoms with E-state index in [9.17, 15) is 19.5 Å². The minimum Gasteiger partial charge on any atom is -0.497 e. The van der Waals surface area contributed by atoms with Gasteiger partial charge >= 0.3 is 11.9 Å². The van der Waals surface area contributed by atoms with E-state index in [2.05, 4.69) is 10.3 Å². The Balaban J connectivity index is 0.000000181. The predicted molar refractivity (Wildman–Crippen MR) is 145 cm³/mol. The summed E-state index contributed by atoms with van der Waals surface area (Å²) in [5.41, 5.74) is -0.448. The Kier molecular flexibility index (Phi) is 8.89. The van der Waals surface area contributed by atoms with Crippen LogP contribution in [0.5, 0.6) is 11.5 Å². The van der Waals surface area contributed by atoms with E-state index in [0.29, 0.717) is 30.1 Å². The zero-order chi connectivity index (χ0) is 27.9. The SMILES string of the molecule is COc1ccc(C(=O)NC2(C(=O)O)CCCCC2)cc1.COc1ccc(C2=NC3(CCCCC3)C(=O)O2)cc1. The number of carbonyl (C=O) groups excluding carboxylic acids is 2. The predicted octanol–water partition coefficient (Wildman–Crippen LogP) is 4.91. The number of carboxylic acid groups (broad SMARTS) is 1. The molecule has 0 atom stereocenters. The molecule has 1 amide bonds. The summed E-state index contributed by atoms with van der Waals surface area (Å²) in [5.74, 6) is 0.414. The standard InChI is InChI=1S/C15H19NO4.C15H17NO3/c1-20-12-7-5-11(6-8-12)13(17)16-15(14(18)19)9-3-2-4-10-15;1-18-12-7-5-11(6-8-12)13-16-15(14(17)19-13)9-3-2-4-10-15/h5-8H,2-4,9-10H2,1H3,(H,16,17)(H,18,19);5-8H,2-4,9-10H2,1H3. The number of benzene rings is 2. The van der Waals surface area contributed by atoms with Gasteiger partial charge in [0.25, 0.3) is 5.91 Å². The third kappa shape index (κ3) is 6.41. The highest BCUT2D eigenvalue weighted by molar-refractivity contribution is 6.08. The molecule has 208 valence electrons. The van der Waals surface area contributed by atoms with Gasteiger partial charge in [0.2, 0.25) is 5.90 Å². The number of hydrogen-bond donors (Lipinski definition) is 2. The second-order valence-corrected chi connectivity index (χ2v) is 10.3. The number of aliphatic imine (C=N–C) groups is 1. The van der Waals surface area contributed by atoms with Crippen molar-refractivity contribution in [2.45, 2.75) is 75.3 Å². The number of ether oxygens (including phenoxy) is 3. The summed E-state index contributed by atoms with van der Waals surface area (Å²) in [7, 11) is 3.18. The monoisotopic (exact) mass is 536 g/mol. The number of rotatable bonds is 6. The van der Waals surface area contributed by atoms with Crippen LogP contribution in [0.25, 0.3) is 0 Å². The van der Waals surface area contributed by atoms with E-state index in [1.165, 1.54) is 6.42 Å². The summed E-state index contributed by atoms with van der Waals surface area (Å²) >= 11 is 0. The molecule has 9 heteroatoms. The number of methoxy groups -OCH3 is 2. The normalized spacial score (nSPS) is 19.1. The number of carboxylic acids is 1. The van der Waals surface area contributed by atoms with Gasteiger partial charge in [-0.25, -0.2) is 14.6 Å². The third-order valence-corrected chi connectivity index (χ3v) is 7.72. The quantitative estimate of drug-likeness (QED) is 0.503. The fourth-order valence-electron chi connectivity index (χ4n) is 5.33. The number of nitrogens with one attached hydrogen (secondary N) is 1. The first kappa shape index (κ1) is 28.1. The number of hydrogen-bond acceptors (Lipinski definition) is 7. The molecule has 0 saturated heterocycles. The van der Waals surface area contributed by atoms with Gasteiger partial charge in [-0.1, -0.05) is 38.5 Å². The van der Waals surface area contributed by atoms with Crippen LogP contribution in [0, 0.1) is 0 Å². The number of aliphatic carboxylic acids is 1. The van der Waals surface area contributed by atoms with Gasteiger partial charge in [-0.2, -0.15) is 0 Å². The van der Waals surface area contributed by atoms with Gasteiger partial charge in [-0.3, -0.25) is 4.79 Å². The average Bonchev–Trinajstić information content (AvgIpc) is 3.28. The fraction of sp³-hybridized carbons (Fsp3) is 0.467. The van der Waals surface area contributed by atoms with Crippen molar-refractivity contribution >= 4 is 23.7 Å². The Labute approximate surface area is 228 Å². The summed E-state index contributed by atoms with van der Waals surface area (Å²) in [4.78, 5) is 40.4.